The van der Waals surface area contributed by atoms with Gasteiger partial charge in [-0.05, 0) is 25.0 Å². The van der Waals surface area contributed by atoms with Crippen LogP contribution in [0.15, 0.2) is 35.6 Å². The van der Waals surface area contributed by atoms with E-state index in [1.807, 2.05) is 24.3 Å². The number of urea groups is 1. The highest BCUT2D eigenvalue weighted by molar-refractivity contribution is 6.12. The zero-order valence-corrected chi connectivity index (χ0v) is 15.8. The van der Waals surface area contributed by atoms with Crippen molar-refractivity contribution < 1.29 is 14.4 Å². The van der Waals surface area contributed by atoms with Crippen molar-refractivity contribution in [1.82, 2.24) is 25.6 Å². The fraction of sp³-hybridized carbons (Fsp3) is 0.263. The third kappa shape index (κ3) is 4.37. The van der Waals surface area contributed by atoms with Crippen molar-refractivity contribution in [2.24, 2.45) is 5.29 Å². The van der Waals surface area contributed by atoms with Gasteiger partial charge in [0.25, 0.3) is 5.91 Å². The topological polar surface area (TPSA) is 137 Å². The zero-order chi connectivity index (χ0) is 20.8. The number of aromatic nitrogens is 2. The van der Waals surface area contributed by atoms with E-state index >= 15 is 0 Å². The van der Waals surface area contributed by atoms with Crippen molar-refractivity contribution in [3.8, 4) is 0 Å². The van der Waals surface area contributed by atoms with E-state index in [0.717, 1.165) is 16.3 Å². The molecule has 3 N–H and O–H groups in total. The van der Waals surface area contributed by atoms with E-state index in [9.17, 15) is 19.3 Å². The Bertz CT molecular complexity index is 1080. The first-order valence-corrected chi connectivity index (χ1v) is 9.05. The molecule has 0 bridgehead atoms. The number of fused-ring (bicyclic) bond motifs is 3. The maximum atomic E-state index is 12.5. The summed E-state index contributed by atoms with van der Waals surface area (Å²) in [5.41, 5.74) is 1.81. The Labute approximate surface area is 165 Å². The average molecular weight is 396 g/mol. The second kappa shape index (κ2) is 8.91. The lowest BCUT2D eigenvalue weighted by Crippen LogP contribution is -2.34. The number of carbonyl (C=O) groups is 3. The van der Waals surface area contributed by atoms with Gasteiger partial charge in [-0.2, -0.15) is 5.01 Å². The highest BCUT2D eigenvalue weighted by Gasteiger charge is 2.15. The number of rotatable bonds is 8. The van der Waals surface area contributed by atoms with Crippen LogP contribution >= 0.6 is 0 Å². The van der Waals surface area contributed by atoms with Crippen molar-refractivity contribution in [2.45, 2.75) is 12.8 Å². The lowest BCUT2D eigenvalue weighted by Gasteiger charge is -2.09. The predicted octanol–water partition coefficient (Wildman–Crippen LogP) is 2.36. The summed E-state index contributed by atoms with van der Waals surface area (Å²) in [6.07, 6.45) is 1.84. The summed E-state index contributed by atoms with van der Waals surface area (Å²) in [5.74, 6) is -0.380. The predicted molar refractivity (Wildman–Crippen MR) is 108 cm³/mol. The number of pyridine rings is 1. The fourth-order valence-electron chi connectivity index (χ4n) is 2.96. The van der Waals surface area contributed by atoms with E-state index in [2.05, 4.69) is 25.9 Å². The van der Waals surface area contributed by atoms with Crippen molar-refractivity contribution in [1.29, 1.82) is 0 Å². The number of H-pyrrole nitrogens is 1. The van der Waals surface area contributed by atoms with Gasteiger partial charge in [0.1, 0.15) is 11.4 Å². The van der Waals surface area contributed by atoms with Gasteiger partial charge in [0, 0.05) is 36.4 Å². The number of hydrogen-bond acceptors (Lipinski definition) is 6. The van der Waals surface area contributed by atoms with Gasteiger partial charge in [-0.25, -0.2) is 9.78 Å². The van der Waals surface area contributed by atoms with Gasteiger partial charge >= 0.3 is 6.03 Å². The molecule has 3 amide bonds. The number of amides is 3. The minimum atomic E-state index is -0.582. The Kier molecular flexibility index (Phi) is 6.12. The molecule has 0 atom stereocenters. The standard InChI is InChI=1S/C19H20N6O4/c1-25(24-29)19(28)21-9-5-4-8-20-18(27)15-10-13-12-6-2-3-7-14(12)23-17(13)16(11-26)22-15/h2-3,6-7,10-11,23H,4-5,8-9H2,1H3,(H,20,27)(H,21,28). The number of aromatic amines is 1. The number of aldehydes is 1. The van der Waals surface area contributed by atoms with E-state index in [1.165, 1.54) is 7.05 Å². The number of carbonyl (C=O) groups excluding carboxylic acids is 3. The molecule has 0 saturated heterocycles. The fourth-order valence-corrected chi connectivity index (χ4v) is 2.96. The molecular weight excluding hydrogens is 376 g/mol. The van der Waals surface area contributed by atoms with Gasteiger partial charge in [0.05, 0.1) is 10.8 Å². The number of para-hydroxylation sites is 1. The SMILES string of the molecule is CN(N=O)C(=O)NCCCCNC(=O)c1cc2c([nH]c3ccccc32)c(C=O)n1. The Morgan fingerprint density at radius 1 is 1.17 bits per heavy atom. The van der Waals surface area contributed by atoms with Crippen LogP contribution in [0.3, 0.4) is 0 Å². The molecule has 0 saturated carbocycles. The number of hydrogen-bond donors (Lipinski definition) is 3. The Hall–Kier alpha value is -3.82. The monoisotopic (exact) mass is 396 g/mol. The first-order chi connectivity index (χ1) is 14.0. The summed E-state index contributed by atoms with van der Waals surface area (Å²) < 4.78 is 0. The first kappa shape index (κ1) is 19.9. The van der Waals surface area contributed by atoms with Crippen molar-refractivity contribution in [2.75, 3.05) is 20.1 Å². The minimum Gasteiger partial charge on any atom is -0.353 e. The van der Waals surface area contributed by atoms with Crippen LogP contribution in [0, 0.1) is 4.91 Å². The van der Waals surface area contributed by atoms with Crippen molar-refractivity contribution in [3.05, 3.63) is 46.6 Å². The van der Waals surface area contributed by atoms with Crippen LogP contribution in [-0.2, 0) is 0 Å². The van der Waals surface area contributed by atoms with Crippen LogP contribution in [0.4, 0.5) is 4.79 Å². The summed E-state index contributed by atoms with van der Waals surface area (Å²) in [6, 6.07) is 8.66. The molecule has 150 valence electrons. The molecule has 3 rings (SSSR count). The quantitative estimate of drug-likeness (QED) is 0.232. The van der Waals surface area contributed by atoms with Crippen LogP contribution in [-0.4, -0.2) is 53.3 Å². The lowest BCUT2D eigenvalue weighted by molar-refractivity contribution is 0.0948. The van der Waals surface area contributed by atoms with E-state index in [0.29, 0.717) is 42.7 Å². The Morgan fingerprint density at radius 3 is 2.62 bits per heavy atom. The summed E-state index contributed by atoms with van der Waals surface area (Å²) >= 11 is 0. The zero-order valence-electron chi connectivity index (χ0n) is 15.8. The molecule has 29 heavy (non-hydrogen) atoms. The van der Waals surface area contributed by atoms with E-state index in [-0.39, 0.29) is 17.3 Å². The smallest absolute Gasteiger partial charge is 0.340 e. The first-order valence-electron chi connectivity index (χ1n) is 9.05. The number of nitrogens with zero attached hydrogens (tertiary/aromatic N) is 3. The molecule has 2 aromatic heterocycles. The third-order valence-electron chi connectivity index (χ3n) is 4.45. The van der Waals surface area contributed by atoms with Crippen molar-refractivity contribution >= 4 is 40.0 Å². The van der Waals surface area contributed by atoms with Crippen LogP contribution in [0.25, 0.3) is 21.8 Å². The molecule has 0 spiro atoms. The Morgan fingerprint density at radius 2 is 1.90 bits per heavy atom. The number of nitroso groups, excluding NO2 is 1. The van der Waals surface area contributed by atoms with E-state index in [4.69, 9.17) is 0 Å². The van der Waals surface area contributed by atoms with Gasteiger partial charge in [-0.15, -0.1) is 4.91 Å². The van der Waals surface area contributed by atoms with Crippen LogP contribution < -0.4 is 10.6 Å². The molecule has 10 heteroatoms. The van der Waals surface area contributed by atoms with Gasteiger partial charge in [-0.3, -0.25) is 9.59 Å². The maximum Gasteiger partial charge on any atom is 0.340 e. The van der Waals surface area contributed by atoms with Crippen molar-refractivity contribution in [3.63, 3.8) is 0 Å². The highest BCUT2D eigenvalue weighted by atomic mass is 16.3. The van der Waals surface area contributed by atoms with Gasteiger partial charge in [-0.1, -0.05) is 18.2 Å². The van der Waals surface area contributed by atoms with Crippen LogP contribution in [0.2, 0.25) is 0 Å². The molecule has 0 aliphatic heterocycles. The highest BCUT2D eigenvalue weighted by Crippen LogP contribution is 2.27. The molecular formula is C19H20N6O4. The molecule has 3 aromatic rings. The molecule has 10 nitrogen and oxygen atoms in total. The Balaban J connectivity index is 1.61. The number of nitrogens with one attached hydrogen (secondary N) is 3. The van der Waals surface area contributed by atoms with Gasteiger partial charge in [0.2, 0.25) is 0 Å². The summed E-state index contributed by atoms with van der Waals surface area (Å²) in [4.78, 5) is 52.8. The molecule has 0 unspecified atom stereocenters. The molecule has 0 aliphatic rings. The second-order valence-corrected chi connectivity index (χ2v) is 6.40. The second-order valence-electron chi connectivity index (χ2n) is 6.40. The third-order valence-corrected chi connectivity index (χ3v) is 4.45. The van der Waals surface area contributed by atoms with Crippen LogP contribution in [0.5, 0.6) is 0 Å². The molecule has 0 fully saturated rings. The summed E-state index contributed by atoms with van der Waals surface area (Å²) in [7, 11) is 1.26. The van der Waals surface area contributed by atoms with Gasteiger partial charge < -0.3 is 15.6 Å². The average Bonchev–Trinajstić information content (AvgIpc) is 3.13. The minimum absolute atomic E-state index is 0.163. The summed E-state index contributed by atoms with van der Waals surface area (Å²) in [5, 5.41) is 10.1. The largest absolute Gasteiger partial charge is 0.353 e. The number of unbranched alkanes of at least 4 members (excludes halogenated alkanes) is 1. The normalized spacial score (nSPS) is 10.7. The molecule has 0 aliphatic carbocycles. The van der Waals surface area contributed by atoms with E-state index in [1.54, 1.807) is 6.07 Å². The summed E-state index contributed by atoms with van der Waals surface area (Å²) in [6.45, 7) is 0.726. The number of benzene rings is 1. The van der Waals surface area contributed by atoms with Crippen LogP contribution in [0.1, 0.15) is 33.8 Å². The van der Waals surface area contributed by atoms with E-state index < -0.39 is 6.03 Å². The molecule has 2 heterocycles. The van der Waals surface area contributed by atoms with Gasteiger partial charge in [0.15, 0.2) is 6.29 Å². The lowest BCUT2D eigenvalue weighted by atomic mass is 10.1. The molecule has 0 radical (unpaired) electrons. The maximum absolute atomic E-state index is 12.5. The molecule has 1 aromatic carbocycles.